The van der Waals surface area contributed by atoms with Crippen molar-refractivity contribution >= 4 is 17.3 Å². The highest BCUT2D eigenvalue weighted by atomic mass is 32.1. The minimum Gasteiger partial charge on any atom is -0.466 e. The third-order valence-electron chi connectivity index (χ3n) is 3.34. The molecule has 2 heterocycles. The monoisotopic (exact) mass is 267 g/mol. The van der Waals surface area contributed by atoms with E-state index < -0.39 is 0 Å². The number of aryl methyl sites for hydroxylation is 1. The van der Waals surface area contributed by atoms with Crippen LogP contribution in [0.2, 0.25) is 0 Å². The molecule has 0 aromatic carbocycles. The molecule has 3 nitrogen and oxygen atoms in total. The molecule has 1 saturated heterocycles. The fraction of sp³-hybridized carbons (Fsp3) is 0.643. The Labute approximate surface area is 113 Å². The van der Waals surface area contributed by atoms with Crippen molar-refractivity contribution in [2.24, 2.45) is 0 Å². The van der Waals surface area contributed by atoms with Gasteiger partial charge >= 0.3 is 5.97 Å². The summed E-state index contributed by atoms with van der Waals surface area (Å²) >= 11 is 1.79. The molecule has 0 spiro atoms. The molecule has 4 heteroatoms. The van der Waals surface area contributed by atoms with Gasteiger partial charge in [0.25, 0.3) is 0 Å². The molecular formula is C14H21NO2S. The molecule has 1 unspecified atom stereocenters. The van der Waals surface area contributed by atoms with E-state index in [2.05, 4.69) is 24.0 Å². The van der Waals surface area contributed by atoms with Crippen molar-refractivity contribution in [3.63, 3.8) is 0 Å². The maximum absolute atomic E-state index is 11.7. The van der Waals surface area contributed by atoms with E-state index in [4.69, 9.17) is 4.74 Å². The van der Waals surface area contributed by atoms with Gasteiger partial charge in [0, 0.05) is 9.75 Å². The summed E-state index contributed by atoms with van der Waals surface area (Å²) in [5.74, 6) is -0.0829. The van der Waals surface area contributed by atoms with Crippen LogP contribution >= 0.6 is 11.3 Å². The van der Waals surface area contributed by atoms with Crippen molar-refractivity contribution in [2.75, 3.05) is 19.7 Å². The van der Waals surface area contributed by atoms with Gasteiger partial charge in [-0.05, 0) is 51.9 Å². The van der Waals surface area contributed by atoms with Gasteiger partial charge in [0.1, 0.15) is 0 Å². The van der Waals surface area contributed by atoms with Crippen LogP contribution in [0.25, 0.3) is 0 Å². The second-order valence-corrected chi connectivity index (χ2v) is 6.04. The van der Waals surface area contributed by atoms with Crippen LogP contribution in [0.1, 0.15) is 42.0 Å². The predicted molar refractivity (Wildman–Crippen MR) is 73.9 cm³/mol. The number of nitrogens with zero attached hydrogens (tertiary/aromatic N) is 1. The molecule has 2 rings (SSSR count). The van der Waals surface area contributed by atoms with Crippen molar-refractivity contribution in [1.29, 1.82) is 0 Å². The lowest BCUT2D eigenvalue weighted by Gasteiger charge is -2.25. The molecule has 0 aliphatic carbocycles. The Morgan fingerprint density at radius 3 is 2.72 bits per heavy atom. The summed E-state index contributed by atoms with van der Waals surface area (Å²) in [5, 5.41) is 0. The van der Waals surface area contributed by atoms with E-state index in [1.54, 1.807) is 11.3 Å². The summed E-state index contributed by atoms with van der Waals surface area (Å²) in [6, 6.07) is 4.50. The van der Waals surface area contributed by atoms with Crippen molar-refractivity contribution in [3.05, 3.63) is 21.9 Å². The first-order valence-corrected chi connectivity index (χ1v) is 7.48. The van der Waals surface area contributed by atoms with Crippen molar-refractivity contribution < 1.29 is 9.53 Å². The first kappa shape index (κ1) is 13.6. The second kappa shape index (κ2) is 6.34. The number of hydrogen-bond acceptors (Lipinski definition) is 4. The van der Waals surface area contributed by atoms with Crippen LogP contribution < -0.4 is 0 Å². The van der Waals surface area contributed by atoms with E-state index in [9.17, 15) is 4.79 Å². The Balaban J connectivity index is 2.09. The topological polar surface area (TPSA) is 29.5 Å². The molecule has 1 aliphatic rings. The Kier molecular flexibility index (Phi) is 4.78. The average Bonchev–Trinajstić information content (AvgIpc) is 2.97. The van der Waals surface area contributed by atoms with E-state index in [-0.39, 0.29) is 12.0 Å². The van der Waals surface area contributed by atoms with Gasteiger partial charge in [0.2, 0.25) is 0 Å². The normalized spacial score (nSPS) is 17.9. The largest absolute Gasteiger partial charge is 0.466 e. The number of carbonyl (C=O) groups excluding carboxylic acids is 1. The van der Waals surface area contributed by atoms with Crippen LogP contribution in [0, 0.1) is 6.92 Å². The number of rotatable bonds is 5. The molecule has 100 valence electrons. The summed E-state index contributed by atoms with van der Waals surface area (Å²) in [4.78, 5) is 16.8. The van der Waals surface area contributed by atoms with E-state index in [0.717, 1.165) is 13.1 Å². The third kappa shape index (κ3) is 3.33. The number of hydrogen-bond donors (Lipinski definition) is 0. The number of carbonyl (C=O) groups is 1. The minimum absolute atomic E-state index is 0.0829. The smallest absolute Gasteiger partial charge is 0.307 e. The van der Waals surface area contributed by atoms with Crippen LogP contribution in [0.3, 0.4) is 0 Å². The molecule has 0 amide bonds. The standard InChI is InChI=1S/C14H21NO2S/c1-3-17-14(16)10-12(15-8-4-5-9-15)13-7-6-11(2)18-13/h6-7,12H,3-5,8-10H2,1-2H3. The Bertz CT molecular complexity index is 396. The van der Waals surface area contributed by atoms with Crippen LogP contribution in [-0.4, -0.2) is 30.6 Å². The lowest BCUT2D eigenvalue weighted by atomic mass is 10.1. The molecule has 0 bridgehead atoms. The predicted octanol–water partition coefficient (Wildman–Crippen LogP) is 3.15. The summed E-state index contributed by atoms with van der Waals surface area (Å²) in [6.07, 6.45) is 2.96. The minimum atomic E-state index is -0.0829. The Hall–Kier alpha value is -0.870. The van der Waals surface area contributed by atoms with E-state index >= 15 is 0 Å². The van der Waals surface area contributed by atoms with Crippen LogP contribution in [0.15, 0.2) is 12.1 Å². The molecular weight excluding hydrogens is 246 g/mol. The van der Waals surface area contributed by atoms with Gasteiger partial charge < -0.3 is 4.74 Å². The molecule has 1 atom stereocenters. The van der Waals surface area contributed by atoms with Gasteiger partial charge in [-0.3, -0.25) is 9.69 Å². The maximum atomic E-state index is 11.7. The average molecular weight is 267 g/mol. The first-order chi connectivity index (χ1) is 8.70. The lowest BCUT2D eigenvalue weighted by molar-refractivity contribution is -0.144. The van der Waals surface area contributed by atoms with E-state index in [0.29, 0.717) is 13.0 Å². The SMILES string of the molecule is CCOC(=O)CC(c1ccc(C)s1)N1CCCC1. The highest BCUT2D eigenvalue weighted by molar-refractivity contribution is 7.12. The first-order valence-electron chi connectivity index (χ1n) is 6.66. The molecule has 1 aromatic heterocycles. The number of esters is 1. The fourth-order valence-corrected chi connectivity index (χ4v) is 3.49. The van der Waals surface area contributed by atoms with Crippen LogP contribution in [0.5, 0.6) is 0 Å². The zero-order valence-electron chi connectivity index (χ0n) is 11.1. The summed E-state index contributed by atoms with van der Waals surface area (Å²) in [7, 11) is 0. The zero-order chi connectivity index (χ0) is 13.0. The number of ether oxygens (including phenoxy) is 1. The van der Waals surface area contributed by atoms with E-state index in [1.807, 2.05) is 6.92 Å². The summed E-state index contributed by atoms with van der Waals surface area (Å²) < 4.78 is 5.10. The van der Waals surface area contributed by atoms with Crippen molar-refractivity contribution in [2.45, 2.75) is 39.2 Å². The zero-order valence-corrected chi connectivity index (χ0v) is 12.0. The van der Waals surface area contributed by atoms with Gasteiger partial charge in [-0.2, -0.15) is 0 Å². The molecule has 1 aliphatic heterocycles. The van der Waals surface area contributed by atoms with E-state index in [1.165, 1.54) is 22.6 Å². The quantitative estimate of drug-likeness (QED) is 0.768. The maximum Gasteiger partial charge on any atom is 0.307 e. The third-order valence-corrected chi connectivity index (χ3v) is 4.44. The Morgan fingerprint density at radius 1 is 1.44 bits per heavy atom. The molecule has 18 heavy (non-hydrogen) atoms. The van der Waals surface area contributed by atoms with Crippen molar-refractivity contribution in [3.8, 4) is 0 Å². The van der Waals surface area contributed by atoms with Crippen LogP contribution in [0.4, 0.5) is 0 Å². The molecule has 0 radical (unpaired) electrons. The van der Waals surface area contributed by atoms with Gasteiger partial charge in [0.05, 0.1) is 19.1 Å². The number of likely N-dealkylation sites (tertiary alicyclic amines) is 1. The van der Waals surface area contributed by atoms with Crippen molar-refractivity contribution in [1.82, 2.24) is 4.90 Å². The summed E-state index contributed by atoms with van der Waals surface area (Å²) in [5.41, 5.74) is 0. The molecule has 1 fully saturated rings. The van der Waals surface area contributed by atoms with Crippen LogP contribution in [-0.2, 0) is 9.53 Å². The molecule has 0 saturated carbocycles. The van der Waals surface area contributed by atoms with Gasteiger partial charge in [-0.25, -0.2) is 0 Å². The fourth-order valence-electron chi connectivity index (χ4n) is 2.47. The highest BCUT2D eigenvalue weighted by Crippen LogP contribution is 2.32. The highest BCUT2D eigenvalue weighted by Gasteiger charge is 2.27. The lowest BCUT2D eigenvalue weighted by Crippen LogP contribution is -2.27. The number of thiophene rings is 1. The Morgan fingerprint density at radius 2 is 2.17 bits per heavy atom. The summed E-state index contributed by atoms with van der Waals surface area (Å²) in [6.45, 7) is 6.63. The molecule has 1 aromatic rings. The second-order valence-electron chi connectivity index (χ2n) is 4.72. The molecule has 0 N–H and O–H groups in total. The van der Waals surface area contributed by atoms with Gasteiger partial charge in [0.15, 0.2) is 0 Å². The van der Waals surface area contributed by atoms with Gasteiger partial charge in [-0.15, -0.1) is 11.3 Å². The van der Waals surface area contributed by atoms with Gasteiger partial charge in [-0.1, -0.05) is 0 Å².